The first kappa shape index (κ1) is 28.6. The molecule has 9 heteroatoms. The second-order valence-electron chi connectivity index (χ2n) is 8.67. The van der Waals surface area contributed by atoms with Gasteiger partial charge in [-0.25, -0.2) is 4.39 Å². The molecule has 40 heavy (non-hydrogen) atoms. The van der Waals surface area contributed by atoms with Crippen molar-refractivity contribution in [3.8, 4) is 0 Å². The summed E-state index contributed by atoms with van der Waals surface area (Å²) in [5.74, 6) is -1.65. The molecule has 1 atom stereocenters. The van der Waals surface area contributed by atoms with Crippen molar-refractivity contribution in [2.24, 2.45) is 0 Å². The number of rotatable bonds is 9. The maximum atomic E-state index is 13.4. The normalized spacial score (nSPS) is 11.8. The average molecular weight is 574 g/mol. The number of thioether (sulfide) groups is 1. The summed E-state index contributed by atoms with van der Waals surface area (Å²) in [4.78, 5) is 39.5. The highest BCUT2D eigenvalue weighted by Crippen LogP contribution is 2.27. The van der Waals surface area contributed by atoms with Gasteiger partial charge in [0.15, 0.2) is 0 Å². The number of benzene rings is 4. The van der Waals surface area contributed by atoms with E-state index in [4.69, 9.17) is 11.6 Å². The maximum absolute atomic E-state index is 13.4. The molecule has 1 unspecified atom stereocenters. The molecular formula is C31H25ClFN3O3S. The van der Waals surface area contributed by atoms with E-state index in [0.717, 1.165) is 4.90 Å². The predicted molar refractivity (Wildman–Crippen MR) is 159 cm³/mol. The van der Waals surface area contributed by atoms with Crippen molar-refractivity contribution >= 4 is 58.5 Å². The second kappa shape index (κ2) is 13.6. The van der Waals surface area contributed by atoms with Crippen LogP contribution in [-0.4, -0.2) is 23.0 Å². The van der Waals surface area contributed by atoms with E-state index in [0.29, 0.717) is 27.5 Å². The van der Waals surface area contributed by atoms with E-state index < -0.39 is 22.9 Å². The molecule has 0 radical (unpaired) electrons. The van der Waals surface area contributed by atoms with Gasteiger partial charge < -0.3 is 16.0 Å². The molecule has 0 saturated heterocycles. The molecule has 0 heterocycles. The summed E-state index contributed by atoms with van der Waals surface area (Å²) in [5, 5.41) is 8.37. The van der Waals surface area contributed by atoms with Crippen LogP contribution in [0.15, 0.2) is 114 Å². The van der Waals surface area contributed by atoms with Gasteiger partial charge in [0, 0.05) is 26.9 Å². The molecule has 0 fully saturated rings. The van der Waals surface area contributed by atoms with E-state index in [1.54, 1.807) is 79.7 Å². The summed E-state index contributed by atoms with van der Waals surface area (Å²) in [6.07, 6.45) is 1.47. The van der Waals surface area contributed by atoms with Crippen molar-refractivity contribution in [2.75, 3.05) is 10.6 Å². The number of hydrogen-bond acceptors (Lipinski definition) is 4. The van der Waals surface area contributed by atoms with Crippen LogP contribution in [0.25, 0.3) is 6.08 Å². The Morgan fingerprint density at radius 2 is 1.50 bits per heavy atom. The maximum Gasteiger partial charge on any atom is 0.272 e. The zero-order valence-corrected chi connectivity index (χ0v) is 22.9. The molecule has 4 aromatic rings. The first-order valence-electron chi connectivity index (χ1n) is 12.2. The van der Waals surface area contributed by atoms with Gasteiger partial charge in [-0.1, -0.05) is 54.1 Å². The molecule has 0 aliphatic carbocycles. The lowest BCUT2D eigenvalue weighted by molar-refractivity contribution is -0.115. The fraction of sp³-hybridized carbons (Fsp3) is 0.0645. The van der Waals surface area contributed by atoms with Crippen LogP contribution in [0.1, 0.15) is 22.8 Å². The van der Waals surface area contributed by atoms with Gasteiger partial charge in [0.1, 0.15) is 11.5 Å². The van der Waals surface area contributed by atoms with Crippen molar-refractivity contribution in [3.63, 3.8) is 0 Å². The van der Waals surface area contributed by atoms with Crippen molar-refractivity contribution < 1.29 is 18.8 Å². The summed E-state index contributed by atoms with van der Waals surface area (Å²) < 4.78 is 13.4. The SMILES string of the molecule is CC(Sc1cccc(NC(=O)/C(=C/c2ccc(F)cc2)NC(=O)c2ccccc2)c1)C(=O)Nc1cccc(Cl)c1. The van der Waals surface area contributed by atoms with E-state index in [9.17, 15) is 18.8 Å². The molecule has 0 saturated carbocycles. The largest absolute Gasteiger partial charge is 0.325 e. The van der Waals surface area contributed by atoms with E-state index in [-0.39, 0.29) is 11.6 Å². The Kier molecular flexibility index (Phi) is 9.72. The molecule has 202 valence electrons. The summed E-state index contributed by atoms with van der Waals surface area (Å²) in [7, 11) is 0. The van der Waals surface area contributed by atoms with Crippen LogP contribution in [0.3, 0.4) is 0 Å². The molecule has 0 bridgehead atoms. The highest BCUT2D eigenvalue weighted by molar-refractivity contribution is 8.00. The van der Waals surface area contributed by atoms with Gasteiger partial charge >= 0.3 is 0 Å². The summed E-state index contributed by atoms with van der Waals surface area (Å²) >= 11 is 7.32. The molecule has 3 amide bonds. The lowest BCUT2D eigenvalue weighted by atomic mass is 10.1. The third-order valence-electron chi connectivity index (χ3n) is 5.58. The van der Waals surface area contributed by atoms with Crippen molar-refractivity contribution in [1.82, 2.24) is 5.32 Å². The Bertz CT molecular complexity index is 1550. The zero-order chi connectivity index (χ0) is 28.5. The van der Waals surface area contributed by atoms with Crippen molar-refractivity contribution in [1.29, 1.82) is 0 Å². The Hall–Kier alpha value is -4.40. The molecule has 0 spiro atoms. The number of anilines is 2. The number of hydrogen-bond donors (Lipinski definition) is 3. The lowest BCUT2D eigenvalue weighted by Crippen LogP contribution is -2.30. The topological polar surface area (TPSA) is 87.3 Å². The molecule has 0 aliphatic rings. The summed E-state index contributed by atoms with van der Waals surface area (Å²) in [6, 6.07) is 28.0. The van der Waals surface area contributed by atoms with Crippen LogP contribution >= 0.6 is 23.4 Å². The van der Waals surface area contributed by atoms with Gasteiger partial charge in [-0.2, -0.15) is 0 Å². The molecular weight excluding hydrogens is 549 g/mol. The van der Waals surface area contributed by atoms with Crippen LogP contribution in [0.5, 0.6) is 0 Å². The first-order valence-corrected chi connectivity index (χ1v) is 13.5. The van der Waals surface area contributed by atoms with Crippen LogP contribution < -0.4 is 16.0 Å². The molecule has 4 rings (SSSR count). The Balaban J connectivity index is 1.47. The van der Waals surface area contributed by atoms with E-state index in [2.05, 4.69) is 16.0 Å². The van der Waals surface area contributed by atoms with Gasteiger partial charge in [0.2, 0.25) is 5.91 Å². The standard InChI is InChI=1S/C31H25ClFN3O3S/c1-20(29(37)34-25-10-5-9-23(32)18-25)40-27-12-6-11-26(19-27)35-31(39)28(17-21-13-15-24(33)16-14-21)36-30(38)22-7-3-2-4-8-22/h2-20H,1H3,(H,34,37)(H,35,39)(H,36,38)/b28-17-. The van der Waals surface area contributed by atoms with Gasteiger partial charge in [-0.15, -0.1) is 11.8 Å². The highest BCUT2D eigenvalue weighted by Gasteiger charge is 2.17. The van der Waals surface area contributed by atoms with Crippen LogP contribution in [-0.2, 0) is 9.59 Å². The summed E-state index contributed by atoms with van der Waals surface area (Å²) in [5.41, 5.74) is 1.96. The minimum absolute atomic E-state index is 0.0206. The first-order chi connectivity index (χ1) is 19.3. The fourth-order valence-electron chi connectivity index (χ4n) is 3.58. The highest BCUT2D eigenvalue weighted by atomic mass is 35.5. The van der Waals surface area contributed by atoms with Crippen LogP contribution in [0.2, 0.25) is 5.02 Å². The van der Waals surface area contributed by atoms with Crippen LogP contribution in [0, 0.1) is 5.82 Å². The predicted octanol–water partition coefficient (Wildman–Crippen LogP) is 7.01. The molecule has 3 N–H and O–H groups in total. The number of halogens is 2. The van der Waals surface area contributed by atoms with Crippen molar-refractivity contribution in [3.05, 3.63) is 131 Å². The molecule has 6 nitrogen and oxygen atoms in total. The number of nitrogens with one attached hydrogen (secondary N) is 3. The quantitative estimate of drug-likeness (QED) is 0.148. The lowest BCUT2D eigenvalue weighted by Gasteiger charge is -2.14. The van der Waals surface area contributed by atoms with Crippen molar-refractivity contribution in [2.45, 2.75) is 17.1 Å². The minimum Gasteiger partial charge on any atom is -0.325 e. The van der Waals surface area contributed by atoms with E-state index >= 15 is 0 Å². The average Bonchev–Trinajstić information content (AvgIpc) is 2.94. The van der Waals surface area contributed by atoms with Gasteiger partial charge in [0.25, 0.3) is 11.8 Å². The minimum atomic E-state index is -0.567. The number of carbonyl (C=O) groups excluding carboxylic acids is 3. The summed E-state index contributed by atoms with van der Waals surface area (Å²) in [6.45, 7) is 1.78. The monoisotopic (exact) mass is 573 g/mol. The van der Waals surface area contributed by atoms with Gasteiger partial charge in [0.05, 0.1) is 5.25 Å². The van der Waals surface area contributed by atoms with Gasteiger partial charge in [-0.3, -0.25) is 14.4 Å². The van der Waals surface area contributed by atoms with E-state index in [1.165, 1.54) is 42.1 Å². The molecule has 4 aromatic carbocycles. The number of amides is 3. The Morgan fingerprint density at radius 3 is 2.20 bits per heavy atom. The molecule has 0 aliphatic heterocycles. The zero-order valence-electron chi connectivity index (χ0n) is 21.4. The Labute approximate surface area is 240 Å². The van der Waals surface area contributed by atoms with Crippen LogP contribution in [0.4, 0.5) is 15.8 Å². The molecule has 0 aromatic heterocycles. The van der Waals surface area contributed by atoms with Gasteiger partial charge in [-0.05, 0) is 79.2 Å². The fourth-order valence-corrected chi connectivity index (χ4v) is 4.70. The third kappa shape index (κ3) is 8.30. The second-order valence-corrected chi connectivity index (χ2v) is 10.5. The number of carbonyl (C=O) groups is 3. The third-order valence-corrected chi connectivity index (χ3v) is 6.90. The van der Waals surface area contributed by atoms with E-state index in [1.807, 2.05) is 6.07 Å². The Morgan fingerprint density at radius 1 is 0.825 bits per heavy atom. The smallest absolute Gasteiger partial charge is 0.272 e.